The molecule has 1 aromatic rings. The minimum atomic E-state index is 0. The number of fused-ring (bicyclic) bond motifs is 1. The van der Waals surface area contributed by atoms with Crippen LogP contribution in [0.4, 0.5) is 0 Å². The highest BCUT2D eigenvalue weighted by Gasteiger charge is 2.32. The van der Waals surface area contributed by atoms with E-state index in [0.717, 1.165) is 39.0 Å². The average molecular weight is 417 g/mol. The molecule has 152 valence electrons. The fourth-order valence-corrected chi connectivity index (χ4v) is 4.10. The minimum Gasteiger partial charge on any atom is -0.493 e. The third-order valence-electron chi connectivity index (χ3n) is 5.34. The van der Waals surface area contributed by atoms with Crippen LogP contribution in [-0.4, -0.2) is 50.7 Å². The topological polar surface area (TPSA) is 50.8 Å². The van der Waals surface area contributed by atoms with Crippen molar-refractivity contribution in [3.8, 4) is 11.5 Å². The van der Waals surface area contributed by atoms with Crippen LogP contribution >= 0.6 is 24.0 Å². The third-order valence-corrected chi connectivity index (χ3v) is 5.62. The normalized spacial score (nSPS) is 22.0. The van der Waals surface area contributed by atoms with Gasteiger partial charge in [0.15, 0.2) is 11.5 Å². The van der Waals surface area contributed by atoms with Crippen LogP contribution < -0.4 is 14.8 Å². The van der Waals surface area contributed by atoms with E-state index in [1.165, 1.54) is 0 Å². The molecule has 2 fully saturated rings. The van der Waals surface area contributed by atoms with Gasteiger partial charge < -0.3 is 19.7 Å². The molecule has 7 heteroatoms. The molecule has 0 spiro atoms. The number of hydrogen-bond acceptors (Lipinski definition) is 4. The summed E-state index contributed by atoms with van der Waals surface area (Å²) in [4.78, 5) is 15.0. The molecule has 2 saturated heterocycles. The summed E-state index contributed by atoms with van der Waals surface area (Å²) in [5, 5.41) is 3.89. The van der Waals surface area contributed by atoms with Gasteiger partial charge in [-0.3, -0.25) is 4.79 Å². The number of ether oxygens (including phenoxy) is 2. The summed E-state index contributed by atoms with van der Waals surface area (Å²) in [6.45, 7) is 8.44. The van der Waals surface area contributed by atoms with Gasteiger partial charge in [-0.2, -0.15) is 0 Å². The predicted molar refractivity (Wildman–Crippen MR) is 111 cm³/mol. The van der Waals surface area contributed by atoms with Crippen LogP contribution in [0.2, 0.25) is 5.02 Å². The molecule has 1 aromatic carbocycles. The van der Waals surface area contributed by atoms with E-state index < -0.39 is 0 Å². The number of nitrogens with one attached hydrogen (secondary N) is 1. The number of methoxy groups -OCH3 is 1. The molecular weight excluding hydrogens is 387 g/mol. The minimum absolute atomic E-state index is 0. The maximum atomic E-state index is 13.0. The van der Waals surface area contributed by atoms with Crippen molar-refractivity contribution in [2.24, 2.45) is 17.8 Å². The van der Waals surface area contributed by atoms with Crippen molar-refractivity contribution in [1.82, 2.24) is 10.2 Å². The van der Waals surface area contributed by atoms with Crippen molar-refractivity contribution in [1.29, 1.82) is 0 Å². The predicted octanol–water partition coefficient (Wildman–Crippen LogP) is 3.88. The van der Waals surface area contributed by atoms with Crippen molar-refractivity contribution in [2.75, 3.05) is 39.9 Å². The van der Waals surface area contributed by atoms with Gasteiger partial charge in [0.1, 0.15) is 0 Å². The molecular formula is C20H30Cl2N2O3. The average Bonchev–Trinajstić information content (AvgIpc) is 2.97. The lowest BCUT2D eigenvalue weighted by Gasteiger charge is -2.22. The molecule has 27 heavy (non-hydrogen) atoms. The summed E-state index contributed by atoms with van der Waals surface area (Å²) in [7, 11) is 1.57. The molecule has 2 heterocycles. The molecule has 2 atom stereocenters. The van der Waals surface area contributed by atoms with Gasteiger partial charge in [-0.15, -0.1) is 12.4 Å². The van der Waals surface area contributed by atoms with Crippen LogP contribution in [0.5, 0.6) is 11.5 Å². The van der Waals surface area contributed by atoms with E-state index in [0.29, 0.717) is 46.4 Å². The van der Waals surface area contributed by atoms with Gasteiger partial charge in [0.2, 0.25) is 0 Å². The molecule has 0 aromatic heterocycles. The Morgan fingerprint density at radius 1 is 1.26 bits per heavy atom. The maximum Gasteiger partial charge on any atom is 0.254 e. The zero-order chi connectivity index (χ0) is 18.7. The second-order valence-electron chi connectivity index (χ2n) is 7.74. The van der Waals surface area contributed by atoms with Crippen LogP contribution in [0.1, 0.15) is 37.0 Å². The number of benzene rings is 1. The smallest absolute Gasteiger partial charge is 0.254 e. The lowest BCUT2D eigenvalue weighted by Crippen LogP contribution is -2.32. The lowest BCUT2D eigenvalue weighted by molar-refractivity contribution is 0.0758. The van der Waals surface area contributed by atoms with Gasteiger partial charge in [-0.1, -0.05) is 25.4 Å². The molecule has 0 aliphatic carbocycles. The van der Waals surface area contributed by atoms with E-state index in [-0.39, 0.29) is 18.3 Å². The summed E-state index contributed by atoms with van der Waals surface area (Å²) < 4.78 is 11.2. The molecule has 2 aliphatic heterocycles. The Morgan fingerprint density at radius 3 is 2.44 bits per heavy atom. The van der Waals surface area contributed by atoms with Gasteiger partial charge in [0.25, 0.3) is 5.91 Å². The van der Waals surface area contributed by atoms with E-state index in [1.54, 1.807) is 19.2 Å². The zero-order valence-corrected chi connectivity index (χ0v) is 17.9. The number of halogens is 2. The highest BCUT2D eigenvalue weighted by Crippen LogP contribution is 2.37. The summed E-state index contributed by atoms with van der Waals surface area (Å²) >= 11 is 6.41. The molecule has 1 amide bonds. The van der Waals surface area contributed by atoms with Crippen LogP contribution in [0, 0.1) is 17.8 Å². The van der Waals surface area contributed by atoms with E-state index in [2.05, 4.69) is 19.2 Å². The molecule has 0 unspecified atom stereocenters. The number of hydrogen-bond donors (Lipinski definition) is 1. The molecule has 3 rings (SSSR count). The van der Waals surface area contributed by atoms with Crippen LogP contribution in [0.25, 0.3) is 0 Å². The molecule has 5 nitrogen and oxygen atoms in total. The number of amides is 1. The van der Waals surface area contributed by atoms with E-state index in [1.807, 2.05) is 4.90 Å². The SMILES string of the molecule is COc1cc(C(=O)N2CC[C@@H]3CNC[C@@H]3CC2)cc(Cl)c1OCC(C)C.Cl. The number of carbonyl (C=O) groups excluding carboxylic acids is 1. The highest BCUT2D eigenvalue weighted by atomic mass is 35.5. The highest BCUT2D eigenvalue weighted by molar-refractivity contribution is 6.32. The Hall–Kier alpha value is -1.17. The molecule has 0 saturated carbocycles. The summed E-state index contributed by atoms with van der Waals surface area (Å²) in [5.74, 6) is 2.81. The summed E-state index contributed by atoms with van der Waals surface area (Å²) in [6.07, 6.45) is 2.12. The number of rotatable bonds is 5. The van der Waals surface area contributed by atoms with Gasteiger partial charge in [-0.25, -0.2) is 0 Å². The molecule has 0 bridgehead atoms. The van der Waals surface area contributed by atoms with Gasteiger partial charge in [0, 0.05) is 18.7 Å². The first-order valence-corrected chi connectivity index (χ1v) is 9.87. The number of carbonyl (C=O) groups is 1. The first kappa shape index (κ1) is 22.1. The monoisotopic (exact) mass is 416 g/mol. The summed E-state index contributed by atoms with van der Waals surface area (Å²) in [6, 6.07) is 3.45. The largest absolute Gasteiger partial charge is 0.493 e. The van der Waals surface area contributed by atoms with Gasteiger partial charge in [-0.05, 0) is 55.8 Å². The van der Waals surface area contributed by atoms with Crippen LogP contribution in [-0.2, 0) is 0 Å². The fourth-order valence-electron chi connectivity index (χ4n) is 3.84. The van der Waals surface area contributed by atoms with Crippen molar-refractivity contribution in [2.45, 2.75) is 26.7 Å². The first-order chi connectivity index (χ1) is 12.5. The van der Waals surface area contributed by atoms with E-state index in [4.69, 9.17) is 21.1 Å². The lowest BCUT2D eigenvalue weighted by atomic mass is 9.92. The Bertz CT molecular complexity index is 640. The molecule has 2 aliphatic rings. The van der Waals surface area contributed by atoms with Crippen molar-refractivity contribution in [3.05, 3.63) is 22.7 Å². The maximum absolute atomic E-state index is 13.0. The quantitative estimate of drug-likeness (QED) is 0.790. The number of nitrogens with zero attached hydrogens (tertiary/aromatic N) is 1. The van der Waals surface area contributed by atoms with Gasteiger partial charge >= 0.3 is 0 Å². The van der Waals surface area contributed by atoms with Crippen LogP contribution in [0.3, 0.4) is 0 Å². The Morgan fingerprint density at radius 2 is 1.89 bits per heavy atom. The Kier molecular flexibility index (Phi) is 8.07. The third kappa shape index (κ3) is 5.21. The molecule has 0 radical (unpaired) electrons. The molecule has 1 N–H and O–H groups in total. The van der Waals surface area contributed by atoms with Gasteiger partial charge in [0.05, 0.1) is 18.7 Å². The zero-order valence-electron chi connectivity index (χ0n) is 16.3. The standard InChI is InChI=1S/C20H29ClN2O3.ClH/c1-13(2)12-26-19-17(21)8-16(9-18(19)25-3)20(24)23-6-4-14-10-22-11-15(14)5-7-23;/h8-9,13-15,22H,4-7,10-12H2,1-3H3;1H/t14-,15+;. The number of likely N-dealkylation sites (tertiary alicyclic amines) is 1. The fraction of sp³-hybridized carbons (Fsp3) is 0.650. The summed E-state index contributed by atoms with van der Waals surface area (Å²) in [5.41, 5.74) is 0.564. The Labute approximate surface area is 173 Å². The second-order valence-corrected chi connectivity index (χ2v) is 8.15. The van der Waals surface area contributed by atoms with Crippen LogP contribution in [0.15, 0.2) is 12.1 Å². The van der Waals surface area contributed by atoms with Crippen molar-refractivity contribution < 1.29 is 14.3 Å². The first-order valence-electron chi connectivity index (χ1n) is 9.50. The van der Waals surface area contributed by atoms with E-state index in [9.17, 15) is 4.79 Å². The van der Waals surface area contributed by atoms with Crippen molar-refractivity contribution in [3.63, 3.8) is 0 Å². The second kappa shape index (κ2) is 9.85. The Balaban J connectivity index is 0.00000261. The van der Waals surface area contributed by atoms with E-state index >= 15 is 0 Å². The van der Waals surface area contributed by atoms with Crippen molar-refractivity contribution >= 4 is 29.9 Å².